The molecule has 12 heavy (non-hydrogen) atoms. The number of aliphatic hydroxyl groups excluding tert-OH is 1. The SMILES string of the molecule is CC(O)[C@H]1C[C@@H]1c1ccccc1. The van der Waals surface area contributed by atoms with Crippen LogP contribution in [0.5, 0.6) is 0 Å². The van der Waals surface area contributed by atoms with Crippen molar-refractivity contribution in [3.8, 4) is 0 Å². The van der Waals surface area contributed by atoms with Crippen molar-refractivity contribution in [1.82, 2.24) is 0 Å². The number of rotatable bonds is 2. The second-order valence-corrected chi connectivity index (χ2v) is 3.66. The third-order valence-corrected chi connectivity index (χ3v) is 2.69. The molecule has 1 N–H and O–H groups in total. The lowest BCUT2D eigenvalue weighted by atomic mass is 10.1. The molecule has 0 saturated heterocycles. The van der Waals surface area contributed by atoms with E-state index < -0.39 is 0 Å². The second-order valence-electron chi connectivity index (χ2n) is 3.66. The first kappa shape index (κ1) is 7.81. The Morgan fingerprint density at radius 1 is 1.33 bits per heavy atom. The molecule has 1 fully saturated rings. The normalized spacial score (nSPS) is 29.8. The molecule has 1 nitrogen and oxygen atoms in total. The van der Waals surface area contributed by atoms with Crippen LogP contribution in [0.15, 0.2) is 30.3 Å². The van der Waals surface area contributed by atoms with Crippen molar-refractivity contribution in [3.63, 3.8) is 0 Å². The molecule has 64 valence electrons. The molecule has 1 unspecified atom stereocenters. The summed E-state index contributed by atoms with van der Waals surface area (Å²) in [4.78, 5) is 0. The first-order valence-corrected chi connectivity index (χ1v) is 4.52. The first-order valence-electron chi connectivity index (χ1n) is 4.52. The molecular weight excluding hydrogens is 148 g/mol. The molecule has 2 rings (SSSR count). The summed E-state index contributed by atoms with van der Waals surface area (Å²) in [6, 6.07) is 10.4. The van der Waals surface area contributed by atoms with Gasteiger partial charge in [0.05, 0.1) is 6.10 Å². The summed E-state index contributed by atoms with van der Waals surface area (Å²) >= 11 is 0. The van der Waals surface area contributed by atoms with Gasteiger partial charge in [-0.2, -0.15) is 0 Å². The van der Waals surface area contributed by atoms with Crippen LogP contribution in [0.2, 0.25) is 0 Å². The molecular formula is C11H14O. The minimum atomic E-state index is -0.143. The molecule has 0 amide bonds. The van der Waals surface area contributed by atoms with Crippen LogP contribution in [0.4, 0.5) is 0 Å². The maximum atomic E-state index is 9.32. The van der Waals surface area contributed by atoms with Crippen LogP contribution in [-0.4, -0.2) is 11.2 Å². The fourth-order valence-electron chi connectivity index (χ4n) is 1.83. The molecule has 0 bridgehead atoms. The maximum Gasteiger partial charge on any atom is 0.0546 e. The average molecular weight is 162 g/mol. The Kier molecular flexibility index (Phi) is 1.89. The van der Waals surface area contributed by atoms with Gasteiger partial charge in [0.1, 0.15) is 0 Å². The van der Waals surface area contributed by atoms with Crippen molar-refractivity contribution >= 4 is 0 Å². The van der Waals surface area contributed by atoms with Crippen LogP contribution in [-0.2, 0) is 0 Å². The highest BCUT2D eigenvalue weighted by atomic mass is 16.3. The Hall–Kier alpha value is -0.820. The van der Waals surface area contributed by atoms with Crippen molar-refractivity contribution in [3.05, 3.63) is 35.9 Å². The van der Waals surface area contributed by atoms with E-state index in [4.69, 9.17) is 0 Å². The van der Waals surface area contributed by atoms with E-state index in [0.717, 1.165) is 6.42 Å². The van der Waals surface area contributed by atoms with Crippen LogP contribution in [0, 0.1) is 5.92 Å². The highest BCUT2D eigenvalue weighted by Crippen LogP contribution is 2.49. The van der Waals surface area contributed by atoms with E-state index in [2.05, 4.69) is 24.3 Å². The summed E-state index contributed by atoms with van der Waals surface area (Å²) in [5.41, 5.74) is 1.38. The van der Waals surface area contributed by atoms with Crippen molar-refractivity contribution in [2.24, 2.45) is 5.92 Å². The Balaban J connectivity index is 2.06. The van der Waals surface area contributed by atoms with Gasteiger partial charge in [-0.15, -0.1) is 0 Å². The van der Waals surface area contributed by atoms with Crippen LogP contribution >= 0.6 is 0 Å². The zero-order chi connectivity index (χ0) is 8.55. The third kappa shape index (κ3) is 1.37. The molecule has 1 heteroatoms. The summed E-state index contributed by atoms with van der Waals surface area (Å²) in [6.45, 7) is 1.88. The molecule has 0 heterocycles. The van der Waals surface area contributed by atoms with Gasteiger partial charge in [-0.05, 0) is 30.7 Å². The maximum absolute atomic E-state index is 9.32. The fourth-order valence-corrected chi connectivity index (χ4v) is 1.83. The highest BCUT2D eigenvalue weighted by molar-refractivity contribution is 5.25. The largest absolute Gasteiger partial charge is 0.393 e. The van der Waals surface area contributed by atoms with Gasteiger partial charge in [0.15, 0.2) is 0 Å². The van der Waals surface area contributed by atoms with E-state index in [1.807, 2.05) is 13.0 Å². The molecule has 0 radical (unpaired) electrons. The van der Waals surface area contributed by atoms with Gasteiger partial charge in [0.2, 0.25) is 0 Å². The lowest BCUT2D eigenvalue weighted by molar-refractivity contribution is 0.169. The summed E-state index contributed by atoms with van der Waals surface area (Å²) in [5.74, 6) is 1.12. The molecule has 1 aliphatic carbocycles. The number of hydrogen-bond acceptors (Lipinski definition) is 1. The fraction of sp³-hybridized carbons (Fsp3) is 0.455. The lowest BCUT2D eigenvalue weighted by Gasteiger charge is -2.02. The molecule has 1 aromatic rings. The number of benzene rings is 1. The molecule has 0 spiro atoms. The topological polar surface area (TPSA) is 20.2 Å². The zero-order valence-electron chi connectivity index (χ0n) is 7.27. The van der Waals surface area contributed by atoms with E-state index in [0.29, 0.717) is 11.8 Å². The van der Waals surface area contributed by atoms with Crippen molar-refractivity contribution in [2.45, 2.75) is 25.4 Å². The summed E-state index contributed by atoms with van der Waals surface area (Å²) < 4.78 is 0. The van der Waals surface area contributed by atoms with Crippen molar-refractivity contribution in [2.75, 3.05) is 0 Å². The summed E-state index contributed by atoms with van der Waals surface area (Å²) in [7, 11) is 0. The second kappa shape index (κ2) is 2.91. The van der Waals surface area contributed by atoms with Gasteiger partial charge >= 0.3 is 0 Å². The first-order chi connectivity index (χ1) is 5.79. The smallest absolute Gasteiger partial charge is 0.0546 e. The van der Waals surface area contributed by atoms with Gasteiger partial charge < -0.3 is 5.11 Å². The standard InChI is InChI=1S/C11H14O/c1-8(12)10-7-11(10)9-5-3-2-4-6-9/h2-6,8,10-12H,7H2,1H3/t8?,10-,11-/m1/s1. The van der Waals surface area contributed by atoms with Crippen LogP contribution in [0.25, 0.3) is 0 Å². The minimum Gasteiger partial charge on any atom is -0.393 e. The van der Waals surface area contributed by atoms with Gasteiger partial charge in [0.25, 0.3) is 0 Å². The minimum absolute atomic E-state index is 0.143. The summed E-state index contributed by atoms with van der Waals surface area (Å²) in [5, 5.41) is 9.32. The van der Waals surface area contributed by atoms with E-state index in [1.54, 1.807) is 0 Å². The Morgan fingerprint density at radius 3 is 2.50 bits per heavy atom. The summed E-state index contributed by atoms with van der Waals surface area (Å²) in [6.07, 6.45) is 1.01. The molecule has 1 saturated carbocycles. The quantitative estimate of drug-likeness (QED) is 0.706. The van der Waals surface area contributed by atoms with Gasteiger partial charge in [-0.25, -0.2) is 0 Å². The van der Waals surface area contributed by atoms with Gasteiger partial charge in [0, 0.05) is 0 Å². The monoisotopic (exact) mass is 162 g/mol. The van der Waals surface area contributed by atoms with Gasteiger partial charge in [-0.3, -0.25) is 0 Å². The molecule has 0 aliphatic heterocycles. The lowest BCUT2D eigenvalue weighted by Crippen LogP contribution is -2.03. The Bertz CT molecular complexity index is 253. The van der Waals surface area contributed by atoms with E-state index in [1.165, 1.54) is 5.56 Å². The highest BCUT2D eigenvalue weighted by Gasteiger charge is 2.41. The Morgan fingerprint density at radius 2 is 2.00 bits per heavy atom. The van der Waals surface area contributed by atoms with Crippen LogP contribution in [0.1, 0.15) is 24.8 Å². The van der Waals surface area contributed by atoms with Crippen molar-refractivity contribution in [1.29, 1.82) is 0 Å². The predicted molar refractivity (Wildman–Crippen MR) is 49.0 cm³/mol. The predicted octanol–water partition coefficient (Wildman–Crippen LogP) is 2.17. The molecule has 0 aromatic heterocycles. The van der Waals surface area contributed by atoms with E-state index in [-0.39, 0.29) is 6.10 Å². The van der Waals surface area contributed by atoms with Crippen molar-refractivity contribution < 1.29 is 5.11 Å². The molecule has 3 atom stereocenters. The third-order valence-electron chi connectivity index (χ3n) is 2.69. The molecule has 1 aromatic carbocycles. The van der Waals surface area contributed by atoms with Crippen LogP contribution < -0.4 is 0 Å². The zero-order valence-corrected chi connectivity index (χ0v) is 7.27. The molecule has 1 aliphatic rings. The Labute approximate surface area is 73.0 Å². The van der Waals surface area contributed by atoms with Gasteiger partial charge in [-0.1, -0.05) is 30.3 Å². The number of aliphatic hydroxyl groups is 1. The average Bonchev–Trinajstić information content (AvgIpc) is 2.84. The van der Waals surface area contributed by atoms with Crippen LogP contribution in [0.3, 0.4) is 0 Å². The van der Waals surface area contributed by atoms with E-state index in [9.17, 15) is 5.11 Å². The number of hydrogen-bond donors (Lipinski definition) is 1. The van der Waals surface area contributed by atoms with E-state index >= 15 is 0 Å².